The van der Waals surface area contributed by atoms with E-state index in [1.807, 2.05) is 16.9 Å². The second-order valence-corrected chi connectivity index (χ2v) is 8.40. The Morgan fingerprint density at radius 1 is 1.31 bits per heavy atom. The van der Waals surface area contributed by atoms with E-state index in [0.717, 1.165) is 24.8 Å². The largest absolute Gasteiger partial charge is 0.494 e. The van der Waals surface area contributed by atoms with Crippen LogP contribution in [0.15, 0.2) is 29.3 Å². The quantitative estimate of drug-likeness (QED) is 0.407. The highest BCUT2D eigenvalue weighted by molar-refractivity contribution is 7.88. The molecule has 1 aliphatic heterocycles. The summed E-state index contributed by atoms with van der Waals surface area (Å²) in [7, 11) is -3.62. The second-order valence-electron chi connectivity index (χ2n) is 6.62. The molecule has 0 bridgehead atoms. The minimum absolute atomic E-state index is 0.0117. The van der Waals surface area contributed by atoms with Crippen molar-refractivity contribution in [2.75, 3.05) is 26.0 Å². The number of sulfonamides is 1. The molecule has 1 atom stereocenters. The molecule has 1 amide bonds. The maximum absolute atomic E-state index is 12.0. The highest BCUT2D eigenvalue weighted by Gasteiger charge is 2.21. The molecular weight excluding hydrogens is 400 g/mol. The van der Waals surface area contributed by atoms with Crippen LogP contribution in [0.5, 0.6) is 5.75 Å². The van der Waals surface area contributed by atoms with Crippen molar-refractivity contribution in [2.45, 2.75) is 31.7 Å². The standard InChI is InChI=1S/C18H26N4O6S/c1-29(26,27)22-15(17(24)25)9-12-28-14-6-3-13(4-7-14)5-8-16(23)21-18-19-10-2-11-20-18/h3-4,6-7,15,22H,2,5,8-12H2,1H3,(H,24,25)(H2,19,20,21,23). The summed E-state index contributed by atoms with van der Waals surface area (Å²) in [6.45, 7) is 1.55. The lowest BCUT2D eigenvalue weighted by molar-refractivity contribution is -0.139. The molecule has 10 nitrogen and oxygen atoms in total. The molecule has 0 saturated carbocycles. The lowest BCUT2D eigenvalue weighted by Gasteiger charge is -2.15. The second kappa shape index (κ2) is 10.8. The molecule has 11 heteroatoms. The van der Waals surface area contributed by atoms with Gasteiger partial charge in [-0.25, -0.2) is 13.1 Å². The molecule has 0 radical (unpaired) electrons. The number of hydrogen-bond acceptors (Lipinski definition) is 7. The van der Waals surface area contributed by atoms with Gasteiger partial charge in [0.15, 0.2) is 5.96 Å². The van der Waals surface area contributed by atoms with Gasteiger partial charge in [0.2, 0.25) is 15.9 Å². The van der Waals surface area contributed by atoms with E-state index in [9.17, 15) is 18.0 Å². The van der Waals surface area contributed by atoms with E-state index in [-0.39, 0.29) is 18.9 Å². The topological polar surface area (TPSA) is 146 Å². The van der Waals surface area contributed by atoms with Gasteiger partial charge in [-0.2, -0.15) is 0 Å². The fourth-order valence-electron chi connectivity index (χ4n) is 2.61. The number of hydrogen-bond donors (Lipinski definition) is 4. The number of carbonyl (C=O) groups excluding carboxylic acids is 1. The average Bonchev–Trinajstić information content (AvgIpc) is 2.66. The lowest BCUT2D eigenvalue weighted by atomic mass is 10.1. The Hall–Kier alpha value is -2.66. The fraction of sp³-hybridized carbons (Fsp3) is 0.500. The summed E-state index contributed by atoms with van der Waals surface area (Å²) in [4.78, 5) is 27.2. The number of amides is 1. The number of carboxylic acids is 1. The zero-order chi connectivity index (χ0) is 21.3. The molecule has 0 saturated heterocycles. The third kappa shape index (κ3) is 8.92. The summed E-state index contributed by atoms with van der Waals surface area (Å²) in [5, 5.41) is 14.8. The number of carboxylic acid groups (broad SMARTS) is 1. The zero-order valence-electron chi connectivity index (χ0n) is 16.2. The molecule has 4 N–H and O–H groups in total. The van der Waals surface area contributed by atoms with Crippen LogP contribution in [0.3, 0.4) is 0 Å². The Kier molecular flexibility index (Phi) is 8.40. The molecule has 0 spiro atoms. The molecule has 29 heavy (non-hydrogen) atoms. The number of aliphatic imine (C=N–C) groups is 1. The van der Waals surface area contributed by atoms with E-state index in [1.54, 1.807) is 12.1 Å². The van der Waals surface area contributed by atoms with Crippen molar-refractivity contribution >= 4 is 27.9 Å². The number of aliphatic carboxylic acids is 1. The highest BCUT2D eigenvalue weighted by atomic mass is 32.2. The van der Waals surface area contributed by atoms with Crippen LogP contribution in [0, 0.1) is 0 Å². The van der Waals surface area contributed by atoms with Gasteiger partial charge in [0.1, 0.15) is 11.8 Å². The SMILES string of the molecule is CS(=O)(=O)NC(CCOc1ccc(CCC(=O)NC2=NCCCN2)cc1)C(=O)O. The van der Waals surface area contributed by atoms with Crippen LogP contribution in [0.4, 0.5) is 0 Å². The minimum atomic E-state index is -3.62. The first-order chi connectivity index (χ1) is 13.7. The number of rotatable bonds is 10. The zero-order valence-corrected chi connectivity index (χ0v) is 17.0. The molecule has 1 heterocycles. The minimum Gasteiger partial charge on any atom is -0.494 e. The molecule has 0 aliphatic carbocycles. The van der Waals surface area contributed by atoms with Crippen molar-refractivity contribution in [2.24, 2.45) is 4.99 Å². The first-order valence-electron chi connectivity index (χ1n) is 9.23. The van der Waals surface area contributed by atoms with E-state index in [0.29, 0.717) is 31.1 Å². The van der Waals surface area contributed by atoms with Gasteiger partial charge in [0.05, 0.1) is 12.9 Å². The summed E-state index contributed by atoms with van der Waals surface area (Å²) in [6.07, 6.45) is 2.72. The van der Waals surface area contributed by atoms with E-state index in [2.05, 4.69) is 15.6 Å². The number of carbonyl (C=O) groups is 2. The van der Waals surface area contributed by atoms with Crippen LogP contribution in [-0.2, 0) is 26.0 Å². The average molecular weight is 426 g/mol. The molecule has 1 aromatic rings. The third-order valence-electron chi connectivity index (χ3n) is 4.05. The molecule has 160 valence electrons. The lowest BCUT2D eigenvalue weighted by Crippen LogP contribution is -2.43. The Morgan fingerprint density at radius 3 is 2.62 bits per heavy atom. The van der Waals surface area contributed by atoms with E-state index in [1.165, 1.54) is 0 Å². The van der Waals surface area contributed by atoms with Crippen LogP contribution in [0.2, 0.25) is 0 Å². The molecule has 0 aromatic heterocycles. The van der Waals surface area contributed by atoms with E-state index in [4.69, 9.17) is 9.84 Å². The number of aryl methyl sites for hydroxylation is 1. The molecule has 0 fully saturated rings. The van der Waals surface area contributed by atoms with Gasteiger partial charge in [-0.3, -0.25) is 19.9 Å². The van der Waals surface area contributed by atoms with Crippen LogP contribution < -0.4 is 20.1 Å². The van der Waals surface area contributed by atoms with Gasteiger partial charge >= 0.3 is 5.97 Å². The van der Waals surface area contributed by atoms with Crippen LogP contribution >= 0.6 is 0 Å². The Labute approximate surface area is 169 Å². The van der Waals surface area contributed by atoms with E-state index < -0.39 is 22.0 Å². The van der Waals surface area contributed by atoms with Gasteiger partial charge in [-0.15, -0.1) is 0 Å². The van der Waals surface area contributed by atoms with Crippen molar-refractivity contribution in [1.29, 1.82) is 0 Å². The van der Waals surface area contributed by atoms with Crippen molar-refractivity contribution < 1.29 is 27.9 Å². The van der Waals surface area contributed by atoms with Crippen LogP contribution in [-0.4, -0.2) is 63.4 Å². The summed E-state index contributed by atoms with van der Waals surface area (Å²) >= 11 is 0. The highest BCUT2D eigenvalue weighted by Crippen LogP contribution is 2.14. The van der Waals surface area contributed by atoms with Gasteiger partial charge < -0.3 is 15.2 Å². The maximum atomic E-state index is 12.0. The predicted octanol–water partition coefficient (Wildman–Crippen LogP) is -0.144. The summed E-state index contributed by atoms with van der Waals surface area (Å²) in [5.74, 6) is -0.323. The van der Waals surface area contributed by atoms with E-state index >= 15 is 0 Å². The summed E-state index contributed by atoms with van der Waals surface area (Å²) in [5.41, 5.74) is 0.952. The summed E-state index contributed by atoms with van der Waals surface area (Å²) < 4.78 is 29.9. The first-order valence-corrected chi connectivity index (χ1v) is 11.1. The fourth-order valence-corrected chi connectivity index (χ4v) is 3.34. The molecule has 1 aromatic carbocycles. The predicted molar refractivity (Wildman–Crippen MR) is 107 cm³/mol. The summed E-state index contributed by atoms with van der Waals surface area (Å²) in [6, 6.07) is 5.84. The number of nitrogens with one attached hydrogen (secondary N) is 3. The Balaban J connectivity index is 1.74. The van der Waals surface area contributed by atoms with Gasteiger partial charge in [0.25, 0.3) is 0 Å². The number of benzene rings is 1. The maximum Gasteiger partial charge on any atom is 0.321 e. The first kappa shape index (κ1) is 22.6. The number of guanidine groups is 1. The smallest absolute Gasteiger partial charge is 0.321 e. The number of nitrogens with zero attached hydrogens (tertiary/aromatic N) is 1. The van der Waals surface area contributed by atoms with Gasteiger partial charge in [-0.1, -0.05) is 12.1 Å². The van der Waals surface area contributed by atoms with Crippen LogP contribution in [0.1, 0.15) is 24.8 Å². The molecule has 2 rings (SSSR count). The molecule has 1 unspecified atom stereocenters. The normalized spacial score (nSPS) is 15.0. The number of ether oxygens (including phenoxy) is 1. The van der Waals surface area contributed by atoms with Crippen LogP contribution in [0.25, 0.3) is 0 Å². The van der Waals surface area contributed by atoms with Gasteiger partial charge in [0, 0.05) is 25.9 Å². The monoisotopic (exact) mass is 426 g/mol. The van der Waals surface area contributed by atoms with Crippen molar-refractivity contribution in [3.8, 4) is 5.75 Å². The van der Waals surface area contributed by atoms with Gasteiger partial charge in [-0.05, 0) is 30.5 Å². The van der Waals surface area contributed by atoms with Crippen molar-refractivity contribution in [3.05, 3.63) is 29.8 Å². The molecular formula is C18H26N4O6S. The van der Waals surface area contributed by atoms with Crippen molar-refractivity contribution in [3.63, 3.8) is 0 Å². The Morgan fingerprint density at radius 2 is 2.03 bits per heavy atom. The molecule has 1 aliphatic rings. The van der Waals surface area contributed by atoms with Crippen molar-refractivity contribution in [1.82, 2.24) is 15.4 Å². The Bertz CT molecular complexity index is 838. The third-order valence-corrected chi connectivity index (χ3v) is 4.76.